The van der Waals surface area contributed by atoms with E-state index < -0.39 is 11.7 Å². The molecule has 3 heterocycles. The smallest absolute Gasteiger partial charge is 0.298 e. The average Bonchev–Trinajstić information content (AvgIpc) is 3.42. The molecule has 2 aromatic heterocycles. The number of ketones is 1. The van der Waals surface area contributed by atoms with Gasteiger partial charge in [-0.15, -0.1) is 11.3 Å². The number of fused-ring (bicyclic) bond motifs is 1. The van der Waals surface area contributed by atoms with Gasteiger partial charge in [0.25, 0.3) is 11.7 Å². The molecule has 2 aromatic carbocycles. The standard InChI is InChI=1S/C24H20N4O4S/c1-14-21(15(2)28(27-14)17-6-4-3-5-7-17)22(29)23(30)26-24-25-18(13-33-24)16-8-9-19-20(12-16)32-11-10-31-19/h3-9,12-13H,10-11H2,1-2H3,(H,25,26,30). The lowest BCUT2D eigenvalue weighted by Gasteiger charge is -2.18. The zero-order valence-corrected chi connectivity index (χ0v) is 18.8. The van der Waals surface area contributed by atoms with Gasteiger partial charge in [0.05, 0.1) is 28.3 Å². The van der Waals surface area contributed by atoms with Crippen molar-refractivity contribution in [3.05, 3.63) is 70.9 Å². The van der Waals surface area contributed by atoms with E-state index in [-0.39, 0.29) is 0 Å². The number of amides is 1. The van der Waals surface area contributed by atoms with Crippen molar-refractivity contribution in [2.75, 3.05) is 18.5 Å². The predicted molar refractivity (Wildman–Crippen MR) is 125 cm³/mol. The van der Waals surface area contributed by atoms with Crippen LogP contribution in [0.4, 0.5) is 5.13 Å². The molecule has 8 nitrogen and oxygen atoms in total. The van der Waals surface area contributed by atoms with Gasteiger partial charge in [0.1, 0.15) is 13.2 Å². The summed E-state index contributed by atoms with van der Waals surface area (Å²) in [5.41, 5.74) is 3.71. The molecule has 9 heteroatoms. The fourth-order valence-corrected chi connectivity index (χ4v) is 4.44. The number of carbonyl (C=O) groups is 2. The van der Waals surface area contributed by atoms with Gasteiger partial charge in [0.15, 0.2) is 16.6 Å². The third kappa shape index (κ3) is 3.98. The number of ether oxygens (including phenoxy) is 2. The van der Waals surface area contributed by atoms with Crippen molar-refractivity contribution in [3.63, 3.8) is 0 Å². The number of nitrogens with one attached hydrogen (secondary N) is 1. The summed E-state index contributed by atoms with van der Waals surface area (Å²) in [5.74, 6) is -0.0461. The van der Waals surface area contributed by atoms with Crippen molar-refractivity contribution in [1.82, 2.24) is 14.8 Å². The summed E-state index contributed by atoms with van der Waals surface area (Å²) in [7, 11) is 0. The summed E-state index contributed by atoms with van der Waals surface area (Å²) in [6.45, 7) is 4.51. The number of Topliss-reactive ketones (excluding diaryl/α,β-unsaturated/α-hetero) is 1. The number of nitrogens with zero attached hydrogens (tertiary/aromatic N) is 3. The highest BCUT2D eigenvalue weighted by Crippen LogP contribution is 2.35. The van der Waals surface area contributed by atoms with Crippen LogP contribution >= 0.6 is 11.3 Å². The molecule has 0 fully saturated rings. The maximum atomic E-state index is 13.0. The van der Waals surface area contributed by atoms with Gasteiger partial charge in [-0.05, 0) is 44.2 Å². The maximum absolute atomic E-state index is 13.0. The Kier molecular flexibility index (Phi) is 5.39. The van der Waals surface area contributed by atoms with E-state index in [1.54, 1.807) is 18.5 Å². The van der Waals surface area contributed by atoms with Crippen LogP contribution in [0.1, 0.15) is 21.7 Å². The Morgan fingerprint density at radius 2 is 1.79 bits per heavy atom. The highest BCUT2D eigenvalue weighted by molar-refractivity contribution is 7.14. The first-order valence-corrected chi connectivity index (χ1v) is 11.2. The number of aryl methyl sites for hydroxylation is 1. The summed E-state index contributed by atoms with van der Waals surface area (Å²) in [4.78, 5) is 30.1. The largest absolute Gasteiger partial charge is 0.486 e. The van der Waals surface area contributed by atoms with Gasteiger partial charge in [0, 0.05) is 10.9 Å². The summed E-state index contributed by atoms with van der Waals surface area (Å²) < 4.78 is 12.8. The van der Waals surface area contributed by atoms with Crippen molar-refractivity contribution in [2.24, 2.45) is 0 Å². The van der Waals surface area contributed by atoms with E-state index >= 15 is 0 Å². The van der Waals surface area contributed by atoms with Gasteiger partial charge in [-0.3, -0.25) is 14.9 Å². The molecule has 0 radical (unpaired) electrons. The molecule has 1 N–H and O–H groups in total. The lowest BCUT2D eigenvalue weighted by atomic mass is 10.1. The quantitative estimate of drug-likeness (QED) is 0.354. The van der Waals surface area contributed by atoms with E-state index in [1.165, 1.54) is 11.3 Å². The number of anilines is 1. The highest BCUT2D eigenvalue weighted by atomic mass is 32.1. The van der Waals surface area contributed by atoms with Gasteiger partial charge >= 0.3 is 0 Å². The molecule has 1 aliphatic rings. The molecule has 0 bridgehead atoms. The van der Waals surface area contributed by atoms with E-state index in [4.69, 9.17) is 9.47 Å². The molecule has 0 unspecified atom stereocenters. The molecule has 0 saturated heterocycles. The summed E-state index contributed by atoms with van der Waals surface area (Å²) in [6, 6.07) is 15.0. The zero-order valence-electron chi connectivity index (χ0n) is 18.0. The fourth-order valence-electron chi connectivity index (χ4n) is 3.73. The van der Waals surface area contributed by atoms with Gasteiger partial charge < -0.3 is 9.47 Å². The summed E-state index contributed by atoms with van der Waals surface area (Å²) >= 11 is 1.25. The molecular weight excluding hydrogens is 440 g/mol. The van der Waals surface area contributed by atoms with E-state index in [0.717, 1.165) is 11.3 Å². The van der Waals surface area contributed by atoms with Crippen molar-refractivity contribution in [2.45, 2.75) is 13.8 Å². The van der Waals surface area contributed by atoms with Gasteiger partial charge in [0.2, 0.25) is 0 Å². The Morgan fingerprint density at radius 1 is 1.03 bits per heavy atom. The molecule has 166 valence electrons. The first kappa shape index (κ1) is 20.9. The number of thiazole rings is 1. The van der Waals surface area contributed by atoms with Crippen LogP contribution < -0.4 is 14.8 Å². The predicted octanol–water partition coefficient (Wildman–Crippen LogP) is 4.21. The average molecular weight is 461 g/mol. The number of hydrogen-bond acceptors (Lipinski definition) is 7. The molecule has 0 atom stereocenters. The fraction of sp³-hybridized carbons (Fsp3) is 0.167. The van der Waals surface area contributed by atoms with Crippen LogP contribution in [-0.4, -0.2) is 39.7 Å². The van der Waals surface area contributed by atoms with Crippen molar-refractivity contribution in [3.8, 4) is 28.4 Å². The number of hydrogen-bond donors (Lipinski definition) is 1. The van der Waals surface area contributed by atoms with Crippen LogP contribution in [0.15, 0.2) is 53.9 Å². The second kappa shape index (κ2) is 8.51. The minimum absolute atomic E-state index is 0.292. The van der Waals surface area contributed by atoms with Crippen LogP contribution in [-0.2, 0) is 4.79 Å². The molecular formula is C24H20N4O4S. The molecule has 0 aliphatic carbocycles. The first-order chi connectivity index (χ1) is 16.0. The Hall–Kier alpha value is -3.98. The molecule has 1 amide bonds. The number of rotatable bonds is 5. The lowest BCUT2D eigenvalue weighted by Crippen LogP contribution is -2.24. The SMILES string of the molecule is Cc1nn(-c2ccccc2)c(C)c1C(=O)C(=O)Nc1nc(-c2ccc3c(c2)OCCO3)cs1. The Morgan fingerprint density at radius 3 is 2.58 bits per heavy atom. The van der Waals surface area contributed by atoms with E-state index in [2.05, 4.69) is 15.4 Å². The van der Waals surface area contributed by atoms with Crippen LogP contribution in [0.25, 0.3) is 16.9 Å². The number of carbonyl (C=O) groups excluding carboxylic acids is 2. The second-order valence-electron chi connectivity index (χ2n) is 7.47. The van der Waals surface area contributed by atoms with Gasteiger partial charge in [-0.2, -0.15) is 5.10 Å². The summed E-state index contributed by atoms with van der Waals surface area (Å²) in [5, 5.41) is 9.22. The van der Waals surface area contributed by atoms with Gasteiger partial charge in [-0.1, -0.05) is 18.2 Å². The van der Waals surface area contributed by atoms with Crippen molar-refractivity contribution in [1.29, 1.82) is 0 Å². The Labute approximate surface area is 193 Å². The lowest BCUT2D eigenvalue weighted by molar-refractivity contribution is -0.112. The number of benzene rings is 2. The van der Waals surface area contributed by atoms with Crippen LogP contribution in [0.5, 0.6) is 11.5 Å². The van der Waals surface area contributed by atoms with Crippen LogP contribution in [0.2, 0.25) is 0 Å². The molecule has 1 aliphatic heterocycles. The van der Waals surface area contributed by atoms with Crippen molar-refractivity contribution < 1.29 is 19.1 Å². The topological polar surface area (TPSA) is 95.3 Å². The van der Waals surface area contributed by atoms with Gasteiger partial charge in [-0.25, -0.2) is 9.67 Å². The Balaban J connectivity index is 1.34. The Bertz CT molecular complexity index is 1360. The maximum Gasteiger partial charge on any atom is 0.298 e. The molecule has 4 aromatic rings. The highest BCUT2D eigenvalue weighted by Gasteiger charge is 2.26. The number of aromatic nitrogens is 3. The first-order valence-electron chi connectivity index (χ1n) is 10.3. The monoisotopic (exact) mass is 460 g/mol. The molecule has 33 heavy (non-hydrogen) atoms. The second-order valence-corrected chi connectivity index (χ2v) is 8.33. The van der Waals surface area contributed by atoms with Crippen molar-refractivity contribution >= 4 is 28.2 Å². The van der Waals surface area contributed by atoms with Crippen LogP contribution in [0.3, 0.4) is 0 Å². The minimum Gasteiger partial charge on any atom is -0.486 e. The number of para-hydroxylation sites is 1. The minimum atomic E-state index is -0.753. The molecule has 0 saturated carbocycles. The van der Waals surface area contributed by atoms with E-state index in [0.29, 0.717) is 52.5 Å². The molecule has 0 spiro atoms. The normalized spacial score (nSPS) is 12.4. The summed E-state index contributed by atoms with van der Waals surface area (Å²) in [6.07, 6.45) is 0. The third-order valence-corrected chi connectivity index (χ3v) is 6.05. The zero-order chi connectivity index (χ0) is 22.9. The third-order valence-electron chi connectivity index (χ3n) is 5.29. The van der Waals surface area contributed by atoms with E-state index in [9.17, 15) is 9.59 Å². The van der Waals surface area contributed by atoms with E-state index in [1.807, 2.05) is 53.9 Å². The molecule has 5 rings (SSSR count). The van der Waals surface area contributed by atoms with Crippen LogP contribution in [0, 0.1) is 13.8 Å².